The lowest BCUT2D eigenvalue weighted by molar-refractivity contribution is -0.401. The Morgan fingerprint density at radius 2 is 1.23 bits per heavy atom. The SMILES string of the molecule is C/C=C(/C)C(=O)O[C@H]1CC(C)(C)CC2C3=CCC4[C@@]5(C)CC[C@H](O[C@@H]6O[C@H](C(=O)O)[C@@H](O[C@@H]7O[C@@H](CO)[C@H](O)[C@H]7O)[C@H](O[C@H]7OC[C@@H](O)[C@@H](O)[C@@H]7O)[C@H]6O[C@H]6O[C@@H](CO)[C@@H](O)[C@@H](O)[C@@H]6O)C(C)(C)C5CC[C@@]4(C)[C@]3(C)[C@@H](O)[C@@H](O)[C@]21CO. The molecule has 9 rings (SSSR count). The summed E-state index contributed by atoms with van der Waals surface area (Å²) in [6, 6.07) is 0. The van der Waals surface area contributed by atoms with Crippen molar-refractivity contribution >= 4 is 11.9 Å². The van der Waals surface area contributed by atoms with Gasteiger partial charge in [0.05, 0.1) is 50.2 Å². The number of carbonyl (C=O) groups is 2. The molecule has 14 N–H and O–H groups in total. The highest BCUT2D eigenvalue weighted by molar-refractivity contribution is 5.87. The number of ether oxygens (including phenoxy) is 9. The molecule has 0 aromatic heterocycles. The molecule has 4 saturated heterocycles. The Hall–Kier alpha value is -2.42. The van der Waals surface area contributed by atoms with Crippen molar-refractivity contribution in [1.29, 1.82) is 0 Å². The monoisotopic (exact) mass is 1170 g/mol. The van der Waals surface area contributed by atoms with Crippen LogP contribution in [0.1, 0.15) is 107 Å². The summed E-state index contributed by atoms with van der Waals surface area (Å²) in [7, 11) is 0. The van der Waals surface area contributed by atoms with E-state index in [1.807, 2.05) is 20.8 Å². The van der Waals surface area contributed by atoms with Crippen LogP contribution in [-0.2, 0) is 52.2 Å². The number of esters is 1. The molecular weight excluding hydrogens is 1080 g/mol. The molecule has 0 radical (unpaired) electrons. The summed E-state index contributed by atoms with van der Waals surface area (Å²) >= 11 is 0. The number of allylic oxidation sites excluding steroid dienone is 2. The number of hydrogen-bond acceptors (Lipinski definition) is 24. The maximum atomic E-state index is 13.6. The lowest BCUT2D eigenvalue weighted by Gasteiger charge is -2.73. The summed E-state index contributed by atoms with van der Waals surface area (Å²) in [5.41, 5.74) is -3.52. The predicted octanol–water partition coefficient (Wildman–Crippen LogP) is -1.76. The van der Waals surface area contributed by atoms with E-state index in [9.17, 15) is 81.1 Å². The van der Waals surface area contributed by atoms with Gasteiger partial charge in [-0.2, -0.15) is 0 Å². The highest BCUT2D eigenvalue weighted by Crippen LogP contribution is 2.76. The van der Waals surface area contributed by atoms with Gasteiger partial charge in [0.15, 0.2) is 31.3 Å². The summed E-state index contributed by atoms with van der Waals surface area (Å²) in [5, 5.41) is 155. The Kier molecular flexibility index (Phi) is 18.2. The van der Waals surface area contributed by atoms with Crippen molar-refractivity contribution in [2.24, 2.45) is 50.2 Å². The predicted molar refractivity (Wildman–Crippen MR) is 279 cm³/mol. The van der Waals surface area contributed by atoms with E-state index in [0.717, 1.165) is 5.57 Å². The second-order valence-corrected chi connectivity index (χ2v) is 27.0. The first-order chi connectivity index (χ1) is 38.3. The zero-order valence-electron chi connectivity index (χ0n) is 48.1. The number of aliphatic hydroxyl groups excluding tert-OH is 13. The number of hydrogen-bond donors (Lipinski definition) is 14. The van der Waals surface area contributed by atoms with E-state index in [0.29, 0.717) is 50.5 Å². The number of fused-ring (bicyclic) bond motifs is 7. The third kappa shape index (κ3) is 10.2. The molecule has 4 aliphatic heterocycles. The maximum absolute atomic E-state index is 13.6. The van der Waals surface area contributed by atoms with E-state index >= 15 is 0 Å². The van der Waals surface area contributed by atoms with Crippen molar-refractivity contribution in [3.05, 3.63) is 23.3 Å². The fraction of sp³-hybridized carbons (Fsp3) is 0.895. The van der Waals surface area contributed by atoms with E-state index < -0.39 is 212 Å². The van der Waals surface area contributed by atoms with Crippen LogP contribution in [0.2, 0.25) is 0 Å². The van der Waals surface area contributed by atoms with Gasteiger partial charge in [-0.15, -0.1) is 0 Å². The minimum absolute atomic E-state index is 0.119. The molecule has 0 bridgehead atoms. The minimum Gasteiger partial charge on any atom is -0.479 e. The van der Waals surface area contributed by atoms with Gasteiger partial charge in [0.25, 0.3) is 0 Å². The molecule has 3 unspecified atom stereocenters. The van der Waals surface area contributed by atoms with E-state index in [4.69, 9.17) is 42.6 Å². The quantitative estimate of drug-likeness (QED) is 0.0396. The highest BCUT2D eigenvalue weighted by Gasteiger charge is 2.75. The maximum Gasteiger partial charge on any atom is 0.335 e. The van der Waals surface area contributed by atoms with Crippen molar-refractivity contribution in [2.45, 2.75) is 242 Å². The lowest BCUT2D eigenvalue weighted by atomic mass is 9.32. The lowest BCUT2D eigenvalue weighted by Crippen LogP contribution is -2.74. The van der Waals surface area contributed by atoms with E-state index in [-0.39, 0.29) is 11.8 Å². The van der Waals surface area contributed by atoms with Crippen LogP contribution in [-0.4, -0.2) is 245 Å². The van der Waals surface area contributed by atoms with Crippen LogP contribution in [0, 0.1) is 50.2 Å². The van der Waals surface area contributed by atoms with Crippen LogP contribution < -0.4 is 0 Å². The van der Waals surface area contributed by atoms with Gasteiger partial charge in [-0.25, -0.2) is 9.59 Å². The van der Waals surface area contributed by atoms with Gasteiger partial charge >= 0.3 is 11.9 Å². The van der Waals surface area contributed by atoms with Gasteiger partial charge in [-0.1, -0.05) is 66.2 Å². The van der Waals surface area contributed by atoms with Gasteiger partial charge in [0.1, 0.15) is 85.5 Å². The summed E-state index contributed by atoms with van der Waals surface area (Å²) in [5.74, 6) is -3.01. The first kappa shape index (κ1) is 64.1. The van der Waals surface area contributed by atoms with E-state index in [1.54, 1.807) is 19.9 Å². The molecule has 8 fully saturated rings. The van der Waals surface area contributed by atoms with E-state index in [2.05, 4.69) is 33.8 Å². The largest absolute Gasteiger partial charge is 0.479 e. The van der Waals surface area contributed by atoms with Gasteiger partial charge in [0.2, 0.25) is 0 Å². The normalized spacial score (nSPS) is 51.9. The highest BCUT2D eigenvalue weighted by atomic mass is 16.8. The number of aliphatic hydroxyl groups is 13. The van der Waals surface area contributed by atoms with Gasteiger partial charge in [0, 0.05) is 11.0 Å². The molecule has 25 heteroatoms. The third-order valence-corrected chi connectivity index (χ3v) is 21.9. The van der Waals surface area contributed by atoms with E-state index in [1.165, 1.54) is 0 Å². The van der Waals surface area contributed by atoms with Crippen molar-refractivity contribution in [1.82, 2.24) is 0 Å². The second-order valence-electron chi connectivity index (χ2n) is 27.0. The molecule has 468 valence electrons. The van der Waals surface area contributed by atoms with Gasteiger partial charge < -0.3 is 114 Å². The number of carboxylic acids is 1. The third-order valence-electron chi connectivity index (χ3n) is 21.9. The molecule has 4 heterocycles. The number of carbonyl (C=O) groups excluding carboxylic acids is 1. The number of carboxylic acid groups (broad SMARTS) is 1. The Balaban J connectivity index is 1.07. The van der Waals surface area contributed by atoms with Crippen molar-refractivity contribution in [3.63, 3.8) is 0 Å². The molecule has 9 aliphatic rings. The van der Waals surface area contributed by atoms with Gasteiger partial charge in [-0.05, 0) is 98.2 Å². The Morgan fingerprint density at radius 3 is 1.83 bits per heavy atom. The van der Waals surface area contributed by atoms with Crippen molar-refractivity contribution in [3.8, 4) is 0 Å². The summed E-state index contributed by atoms with van der Waals surface area (Å²) in [6.07, 6.45) is -31.1. The molecule has 0 spiro atoms. The Bertz CT molecular complexity index is 2370. The molecule has 0 aromatic rings. The molecule has 0 aromatic carbocycles. The summed E-state index contributed by atoms with van der Waals surface area (Å²) < 4.78 is 55.4. The van der Waals surface area contributed by atoms with Crippen LogP contribution in [0.5, 0.6) is 0 Å². The summed E-state index contributed by atoms with van der Waals surface area (Å²) in [6.45, 7) is 15.2. The van der Waals surface area contributed by atoms with Crippen molar-refractivity contribution < 1.29 is 124 Å². The molecule has 5 aliphatic carbocycles. The molecular formula is C57H90O25. The molecule has 0 amide bonds. The Labute approximate surface area is 476 Å². The fourth-order valence-corrected chi connectivity index (χ4v) is 16.9. The topological polar surface area (TPSA) is 400 Å². The summed E-state index contributed by atoms with van der Waals surface area (Å²) in [4.78, 5) is 27.0. The van der Waals surface area contributed by atoms with Gasteiger partial charge in [-0.3, -0.25) is 0 Å². The van der Waals surface area contributed by atoms with Crippen LogP contribution >= 0.6 is 0 Å². The zero-order valence-corrected chi connectivity index (χ0v) is 48.1. The average molecular weight is 1180 g/mol. The van der Waals surface area contributed by atoms with Crippen molar-refractivity contribution in [2.75, 3.05) is 26.4 Å². The fourth-order valence-electron chi connectivity index (χ4n) is 16.9. The van der Waals surface area contributed by atoms with Crippen LogP contribution in [0.25, 0.3) is 0 Å². The van der Waals surface area contributed by atoms with Crippen LogP contribution in [0.4, 0.5) is 0 Å². The number of rotatable bonds is 14. The Morgan fingerprint density at radius 1 is 0.646 bits per heavy atom. The first-order valence-electron chi connectivity index (χ1n) is 28.9. The molecule has 29 atom stereocenters. The molecule has 4 saturated carbocycles. The first-order valence-corrected chi connectivity index (χ1v) is 28.9. The van der Waals surface area contributed by atoms with Crippen LogP contribution in [0.3, 0.4) is 0 Å². The average Bonchev–Trinajstić information content (AvgIpc) is 0.852. The molecule has 25 nitrogen and oxygen atoms in total. The molecule has 82 heavy (non-hydrogen) atoms. The number of aliphatic carboxylic acids is 1. The second kappa shape index (κ2) is 23.3. The minimum atomic E-state index is -2.16. The smallest absolute Gasteiger partial charge is 0.335 e. The standard InChI is InChI=1S/C57H90O25/c1-10-23(2)47(73)77-32-18-52(3,4)17-25-24-11-12-30-54(7)15-14-31(53(5,6)29(54)13-16-55(30,8)56(24,9)44(69)45(70)57(25,32)22-60)78-51-43(82-50-39(68)36(65)34(63)27(19-58)75-50)41(79-48-37(66)33(62)26(61)21-74-48)40(42(81-51)46(71)72)80-49-38(67)35(64)28(20-59)76-49/h10-11,25-45,48-51,58-70H,12-22H2,1-9H3,(H,71,72)/b23-10-/t25?,26-,27+,28+,29?,30?,31+,32+,33-,34-,35+,36-,37+,38-,39+,40+,41+,42+,43-,44+,45-,48-,49+,50-,51-,54+,55-,56+,57-/m1/s1. The van der Waals surface area contributed by atoms with Crippen LogP contribution in [0.15, 0.2) is 23.3 Å². The zero-order chi connectivity index (χ0) is 60.3.